The van der Waals surface area contributed by atoms with Crippen LogP contribution in [0, 0.1) is 0 Å². The van der Waals surface area contributed by atoms with E-state index >= 15 is 0 Å². The van der Waals surface area contributed by atoms with Crippen LogP contribution in [0.3, 0.4) is 0 Å². The topological polar surface area (TPSA) is 40.4 Å². The lowest BCUT2D eigenvalue weighted by Crippen LogP contribution is -2.30. The fourth-order valence-corrected chi connectivity index (χ4v) is 7.07. The molecule has 3 aromatic rings. The molecule has 0 saturated carbocycles. The SMILES string of the molecule is CN(C)C(=O)C1C(c2ccc(C(F)(F)F)cc2)N1P(=O)(c1ccccc1)c1ccccc1. The van der Waals surface area contributed by atoms with Crippen molar-refractivity contribution in [3.8, 4) is 0 Å². The average molecular weight is 458 g/mol. The molecule has 0 radical (unpaired) electrons. The second-order valence-electron chi connectivity index (χ2n) is 7.87. The molecule has 32 heavy (non-hydrogen) atoms. The standard InChI is InChI=1S/C24H22F3N2O2P/c1-28(2)23(30)22-21(17-13-15-18(16-14-17)24(25,26)27)29(22)32(31,19-9-5-3-6-10-19)20-11-7-4-8-12-20/h3-16,21-22H,1-2H3. The van der Waals surface area contributed by atoms with Gasteiger partial charge in [-0.25, -0.2) is 4.67 Å². The van der Waals surface area contributed by atoms with Crippen molar-refractivity contribution in [2.75, 3.05) is 14.1 Å². The predicted octanol–water partition coefficient (Wildman–Crippen LogP) is 4.45. The van der Waals surface area contributed by atoms with Crippen LogP contribution in [-0.2, 0) is 15.5 Å². The van der Waals surface area contributed by atoms with Crippen LogP contribution in [0.4, 0.5) is 13.2 Å². The Balaban J connectivity index is 1.84. The number of carbonyl (C=O) groups excluding carboxylic acids is 1. The van der Waals surface area contributed by atoms with Crippen LogP contribution < -0.4 is 10.6 Å². The quantitative estimate of drug-likeness (QED) is 0.419. The molecule has 1 aliphatic heterocycles. The van der Waals surface area contributed by atoms with Gasteiger partial charge in [-0.2, -0.15) is 13.2 Å². The van der Waals surface area contributed by atoms with E-state index in [1.165, 1.54) is 17.0 Å². The number of nitrogens with zero attached hydrogens (tertiary/aromatic N) is 2. The zero-order valence-corrected chi connectivity index (χ0v) is 18.4. The first-order chi connectivity index (χ1) is 15.2. The van der Waals surface area contributed by atoms with Crippen LogP contribution in [0.5, 0.6) is 0 Å². The van der Waals surface area contributed by atoms with Crippen LogP contribution in [0.1, 0.15) is 17.2 Å². The van der Waals surface area contributed by atoms with Gasteiger partial charge in [0.15, 0.2) is 0 Å². The molecular formula is C24H22F3N2O2P. The molecule has 0 bridgehead atoms. The summed E-state index contributed by atoms with van der Waals surface area (Å²) in [5.41, 5.74) is -0.247. The molecule has 1 heterocycles. The van der Waals surface area contributed by atoms with Crippen LogP contribution in [0.2, 0.25) is 0 Å². The number of halogens is 3. The Bertz CT molecular complexity index is 1110. The lowest BCUT2D eigenvalue weighted by molar-refractivity contribution is -0.137. The van der Waals surface area contributed by atoms with E-state index in [4.69, 9.17) is 0 Å². The minimum absolute atomic E-state index is 0.248. The van der Waals surface area contributed by atoms with Gasteiger partial charge < -0.3 is 4.90 Å². The molecule has 4 nitrogen and oxygen atoms in total. The molecule has 4 rings (SSSR count). The van der Waals surface area contributed by atoms with Crippen molar-refractivity contribution in [2.45, 2.75) is 18.3 Å². The highest BCUT2D eigenvalue weighted by Gasteiger charge is 2.62. The van der Waals surface area contributed by atoms with Gasteiger partial charge in [0.1, 0.15) is 6.04 Å². The largest absolute Gasteiger partial charge is 0.416 e. The summed E-state index contributed by atoms with van der Waals surface area (Å²) in [6.07, 6.45) is -4.45. The monoisotopic (exact) mass is 458 g/mol. The summed E-state index contributed by atoms with van der Waals surface area (Å²) in [4.78, 5) is 14.4. The number of hydrogen-bond donors (Lipinski definition) is 0. The summed E-state index contributed by atoms with van der Waals surface area (Å²) in [7, 11) is -0.218. The molecule has 3 aromatic carbocycles. The molecule has 0 aliphatic carbocycles. The van der Waals surface area contributed by atoms with E-state index in [0.717, 1.165) is 12.1 Å². The van der Waals surface area contributed by atoms with Gasteiger partial charge in [0, 0.05) is 24.7 Å². The van der Waals surface area contributed by atoms with Gasteiger partial charge in [0.05, 0.1) is 11.6 Å². The van der Waals surface area contributed by atoms with Gasteiger partial charge in [-0.15, -0.1) is 0 Å². The van der Waals surface area contributed by atoms with Crippen molar-refractivity contribution in [1.82, 2.24) is 9.57 Å². The molecule has 3 unspecified atom stereocenters. The summed E-state index contributed by atoms with van der Waals surface area (Å²) >= 11 is 0. The molecule has 1 saturated heterocycles. The summed E-state index contributed by atoms with van der Waals surface area (Å²) in [6.45, 7) is 0. The number of carbonyl (C=O) groups is 1. The van der Waals surface area contributed by atoms with Crippen molar-refractivity contribution in [1.29, 1.82) is 0 Å². The Hall–Kier alpha value is -2.89. The van der Waals surface area contributed by atoms with Crippen molar-refractivity contribution < 1.29 is 22.5 Å². The minimum Gasteiger partial charge on any atom is -0.347 e. The Morgan fingerprint density at radius 3 is 1.72 bits per heavy atom. The van der Waals surface area contributed by atoms with Gasteiger partial charge in [-0.1, -0.05) is 48.5 Å². The predicted molar refractivity (Wildman–Crippen MR) is 118 cm³/mol. The lowest BCUT2D eigenvalue weighted by atomic mass is 10.1. The molecule has 0 spiro atoms. The van der Waals surface area contributed by atoms with Gasteiger partial charge >= 0.3 is 6.18 Å². The minimum atomic E-state index is -4.45. The van der Waals surface area contributed by atoms with Crippen molar-refractivity contribution in [3.63, 3.8) is 0 Å². The third kappa shape index (κ3) is 3.87. The molecule has 166 valence electrons. The van der Waals surface area contributed by atoms with Crippen LogP contribution in [-0.4, -0.2) is 35.6 Å². The highest BCUT2D eigenvalue weighted by Crippen LogP contribution is 2.64. The van der Waals surface area contributed by atoms with E-state index in [1.54, 1.807) is 67.3 Å². The normalized spacial score (nSPS) is 20.6. The first-order valence-corrected chi connectivity index (χ1v) is 11.7. The molecule has 0 aromatic heterocycles. The van der Waals surface area contributed by atoms with E-state index in [1.807, 2.05) is 12.1 Å². The van der Waals surface area contributed by atoms with E-state index in [-0.39, 0.29) is 5.91 Å². The molecule has 3 atom stereocenters. The maximum atomic E-state index is 14.7. The maximum absolute atomic E-state index is 14.7. The number of likely N-dealkylation sites (N-methyl/N-ethyl adjacent to an activating group) is 1. The third-order valence-corrected chi connectivity index (χ3v) is 8.73. The van der Waals surface area contributed by atoms with Gasteiger partial charge in [0.25, 0.3) is 0 Å². The molecule has 1 fully saturated rings. The Morgan fingerprint density at radius 2 is 1.31 bits per heavy atom. The zero-order chi connectivity index (χ0) is 23.1. The van der Waals surface area contributed by atoms with E-state index < -0.39 is 31.1 Å². The highest BCUT2D eigenvalue weighted by molar-refractivity contribution is 7.76. The van der Waals surface area contributed by atoms with E-state index in [9.17, 15) is 22.5 Å². The number of alkyl halides is 3. The van der Waals surface area contributed by atoms with Gasteiger partial charge in [-0.3, -0.25) is 9.36 Å². The van der Waals surface area contributed by atoms with Crippen molar-refractivity contribution in [3.05, 3.63) is 96.1 Å². The van der Waals surface area contributed by atoms with Crippen LogP contribution in [0.25, 0.3) is 0 Å². The Morgan fingerprint density at radius 1 is 0.844 bits per heavy atom. The summed E-state index contributed by atoms with van der Waals surface area (Å²) < 4.78 is 55.5. The molecule has 8 heteroatoms. The Kier molecular flexibility index (Phi) is 5.74. The molecule has 1 amide bonds. The average Bonchev–Trinajstić information content (AvgIpc) is 3.55. The molecule has 1 aliphatic rings. The first-order valence-electron chi connectivity index (χ1n) is 10.0. The van der Waals surface area contributed by atoms with Crippen LogP contribution >= 0.6 is 7.29 Å². The second kappa shape index (κ2) is 8.23. The first kappa shape index (κ1) is 22.3. The Labute approximate surface area is 184 Å². The lowest BCUT2D eigenvalue weighted by Gasteiger charge is -2.22. The van der Waals surface area contributed by atoms with E-state index in [0.29, 0.717) is 16.2 Å². The highest BCUT2D eigenvalue weighted by atomic mass is 31.2. The number of hydrogen-bond acceptors (Lipinski definition) is 2. The number of benzene rings is 3. The van der Waals surface area contributed by atoms with E-state index in [2.05, 4.69) is 0 Å². The zero-order valence-electron chi connectivity index (χ0n) is 17.5. The maximum Gasteiger partial charge on any atom is 0.416 e. The third-order valence-electron chi connectivity index (χ3n) is 5.59. The number of rotatable bonds is 5. The van der Waals surface area contributed by atoms with Crippen molar-refractivity contribution >= 4 is 23.8 Å². The summed E-state index contributed by atoms with van der Waals surface area (Å²) in [6, 6.07) is 21.2. The molecule has 0 N–H and O–H groups in total. The van der Waals surface area contributed by atoms with Gasteiger partial charge in [0.2, 0.25) is 13.2 Å². The fraction of sp³-hybridized carbons (Fsp3) is 0.208. The second-order valence-corrected chi connectivity index (χ2v) is 10.5. The summed E-state index contributed by atoms with van der Waals surface area (Å²) in [5.74, 6) is -0.248. The fourth-order valence-electron chi connectivity index (χ4n) is 3.96. The summed E-state index contributed by atoms with van der Waals surface area (Å²) in [5, 5.41) is 1.13. The smallest absolute Gasteiger partial charge is 0.347 e. The molecular weight excluding hydrogens is 436 g/mol. The number of amides is 1. The van der Waals surface area contributed by atoms with Crippen LogP contribution in [0.15, 0.2) is 84.9 Å². The van der Waals surface area contributed by atoms with Crippen molar-refractivity contribution in [2.24, 2.45) is 0 Å². The van der Waals surface area contributed by atoms with Gasteiger partial charge in [-0.05, 0) is 42.0 Å².